The molecule has 2 N–H and O–H groups in total. The lowest BCUT2D eigenvalue weighted by molar-refractivity contribution is -0.147. The average molecular weight is 201 g/mol. The van der Waals surface area contributed by atoms with E-state index in [0.29, 0.717) is 19.3 Å². The van der Waals surface area contributed by atoms with Gasteiger partial charge in [0.05, 0.1) is 0 Å². The summed E-state index contributed by atoms with van der Waals surface area (Å²) in [5.74, 6) is -0.908. The third-order valence-electron chi connectivity index (χ3n) is 2.45. The molecule has 0 spiro atoms. The highest BCUT2D eigenvalue weighted by molar-refractivity contribution is 5.81. The summed E-state index contributed by atoms with van der Waals surface area (Å²) in [6.07, 6.45) is 4.43. The second-order valence-electron chi connectivity index (χ2n) is 3.21. The molecule has 1 rings (SSSR count). The molecule has 0 aliphatic heterocycles. The van der Waals surface area contributed by atoms with Crippen LogP contribution in [0.4, 0.5) is 0 Å². The van der Waals surface area contributed by atoms with Gasteiger partial charge in [0.1, 0.15) is 5.54 Å². The van der Waals surface area contributed by atoms with Gasteiger partial charge in [-0.05, 0) is 12.8 Å². The molecule has 0 bridgehead atoms. The van der Waals surface area contributed by atoms with Crippen LogP contribution in [0.3, 0.4) is 0 Å². The Morgan fingerprint density at radius 3 is 2.14 bits per heavy atom. The first kappa shape index (κ1) is 12.9. The highest BCUT2D eigenvalue weighted by atomic mass is 16.4. The van der Waals surface area contributed by atoms with Crippen molar-refractivity contribution in [3.05, 3.63) is 0 Å². The number of carbonyl (C=O) groups is 2. The zero-order chi connectivity index (χ0) is 11.0. The van der Waals surface area contributed by atoms with Crippen molar-refractivity contribution in [1.29, 1.82) is 0 Å². The van der Waals surface area contributed by atoms with Gasteiger partial charge in [0.2, 0.25) is 6.41 Å². The van der Waals surface area contributed by atoms with E-state index in [4.69, 9.17) is 5.11 Å². The number of nitrogens with one attached hydrogen (secondary N) is 1. The quantitative estimate of drug-likeness (QED) is 0.681. The highest BCUT2D eigenvalue weighted by Gasteiger charge is 2.38. The van der Waals surface area contributed by atoms with E-state index in [1.807, 2.05) is 13.8 Å². The molecular formula is C10H19NO3. The molecule has 1 aliphatic carbocycles. The van der Waals surface area contributed by atoms with Gasteiger partial charge in [-0.2, -0.15) is 0 Å². The van der Waals surface area contributed by atoms with Gasteiger partial charge in [-0.1, -0.05) is 33.1 Å². The molecule has 14 heavy (non-hydrogen) atoms. The summed E-state index contributed by atoms with van der Waals surface area (Å²) in [6, 6.07) is 0. The topological polar surface area (TPSA) is 66.4 Å². The van der Waals surface area contributed by atoms with Gasteiger partial charge < -0.3 is 10.4 Å². The lowest BCUT2D eigenvalue weighted by atomic mass is 9.82. The van der Waals surface area contributed by atoms with E-state index in [2.05, 4.69) is 5.32 Å². The second-order valence-corrected chi connectivity index (χ2v) is 3.21. The van der Waals surface area contributed by atoms with Gasteiger partial charge in [0.15, 0.2) is 0 Å². The van der Waals surface area contributed by atoms with Gasteiger partial charge in [0, 0.05) is 0 Å². The standard InChI is InChI=1S/C8H13NO3.C2H6/c10-6-9-8(7(11)12)4-2-1-3-5-8;1-2/h6H,1-5H2,(H,9,10)(H,11,12);1-2H3. The number of hydrogen-bond donors (Lipinski definition) is 2. The molecule has 0 unspecified atom stereocenters. The molecule has 1 aliphatic rings. The molecule has 0 aromatic carbocycles. The number of rotatable bonds is 3. The lowest BCUT2D eigenvalue weighted by Gasteiger charge is -2.32. The maximum absolute atomic E-state index is 10.8. The van der Waals surface area contributed by atoms with Crippen molar-refractivity contribution in [1.82, 2.24) is 5.32 Å². The van der Waals surface area contributed by atoms with E-state index in [0.717, 1.165) is 19.3 Å². The lowest BCUT2D eigenvalue weighted by Crippen LogP contribution is -2.52. The van der Waals surface area contributed by atoms with E-state index < -0.39 is 11.5 Å². The van der Waals surface area contributed by atoms with Gasteiger partial charge in [-0.15, -0.1) is 0 Å². The van der Waals surface area contributed by atoms with Crippen molar-refractivity contribution < 1.29 is 14.7 Å². The van der Waals surface area contributed by atoms with Crippen LogP contribution in [-0.2, 0) is 9.59 Å². The summed E-state index contributed by atoms with van der Waals surface area (Å²) >= 11 is 0. The number of carbonyl (C=O) groups excluding carboxylic acids is 1. The minimum Gasteiger partial charge on any atom is -0.480 e. The molecule has 0 radical (unpaired) electrons. The third kappa shape index (κ3) is 3.01. The normalized spacial score (nSPS) is 18.7. The number of carboxylic acid groups (broad SMARTS) is 1. The van der Waals surface area contributed by atoms with E-state index in [9.17, 15) is 9.59 Å². The van der Waals surface area contributed by atoms with Gasteiger partial charge in [-0.3, -0.25) is 4.79 Å². The molecule has 0 atom stereocenters. The zero-order valence-corrected chi connectivity index (χ0v) is 8.88. The van der Waals surface area contributed by atoms with Gasteiger partial charge in [-0.25, -0.2) is 4.79 Å². The first-order valence-corrected chi connectivity index (χ1v) is 5.16. The maximum Gasteiger partial charge on any atom is 0.329 e. The fourth-order valence-corrected chi connectivity index (χ4v) is 1.69. The molecule has 1 fully saturated rings. The minimum absolute atomic E-state index is 0.486. The summed E-state index contributed by atoms with van der Waals surface area (Å²) < 4.78 is 0. The van der Waals surface area contributed by atoms with E-state index in [1.54, 1.807) is 0 Å². The Kier molecular flexibility index (Phi) is 5.92. The van der Waals surface area contributed by atoms with E-state index in [1.165, 1.54) is 0 Å². The summed E-state index contributed by atoms with van der Waals surface area (Å²) in [5, 5.41) is 11.3. The predicted molar refractivity (Wildman–Crippen MR) is 54.0 cm³/mol. The Labute approximate surface area is 84.7 Å². The van der Waals surface area contributed by atoms with Crippen LogP contribution in [0, 0.1) is 0 Å². The maximum atomic E-state index is 10.8. The molecule has 0 aromatic rings. The van der Waals surface area contributed by atoms with Crippen LogP contribution in [-0.4, -0.2) is 23.0 Å². The van der Waals surface area contributed by atoms with Crippen LogP contribution in [0.25, 0.3) is 0 Å². The SMILES string of the molecule is CC.O=CNC1(C(=O)O)CCCCC1. The monoisotopic (exact) mass is 201 g/mol. The number of hydrogen-bond acceptors (Lipinski definition) is 2. The van der Waals surface area contributed by atoms with Crippen molar-refractivity contribution in [2.75, 3.05) is 0 Å². The Bertz CT molecular complexity index is 186. The largest absolute Gasteiger partial charge is 0.480 e. The molecule has 0 heterocycles. The van der Waals surface area contributed by atoms with Crippen LogP contribution in [0.2, 0.25) is 0 Å². The number of carboxylic acids is 1. The smallest absolute Gasteiger partial charge is 0.329 e. The zero-order valence-electron chi connectivity index (χ0n) is 8.88. The van der Waals surface area contributed by atoms with Crippen molar-refractivity contribution >= 4 is 12.4 Å². The Morgan fingerprint density at radius 2 is 1.79 bits per heavy atom. The van der Waals surface area contributed by atoms with Crippen molar-refractivity contribution in [2.45, 2.75) is 51.5 Å². The molecule has 0 saturated heterocycles. The van der Waals surface area contributed by atoms with Crippen LogP contribution in [0.1, 0.15) is 46.0 Å². The minimum atomic E-state index is -0.972. The van der Waals surface area contributed by atoms with Crippen LogP contribution >= 0.6 is 0 Å². The third-order valence-corrected chi connectivity index (χ3v) is 2.45. The molecule has 1 amide bonds. The molecule has 4 nitrogen and oxygen atoms in total. The molecule has 0 aromatic heterocycles. The molecule has 4 heteroatoms. The number of aliphatic carboxylic acids is 1. The average Bonchev–Trinajstić information content (AvgIpc) is 2.22. The first-order chi connectivity index (χ1) is 6.71. The summed E-state index contributed by atoms with van der Waals surface area (Å²) in [7, 11) is 0. The fraction of sp³-hybridized carbons (Fsp3) is 0.800. The van der Waals surface area contributed by atoms with Crippen LogP contribution in [0.5, 0.6) is 0 Å². The summed E-state index contributed by atoms with van der Waals surface area (Å²) in [6.45, 7) is 4.00. The van der Waals surface area contributed by atoms with Crippen molar-refractivity contribution in [3.63, 3.8) is 0 Å². The van der Waals surface area contributed by atoms with Crippen LogP contribution < -0.4 is 5.32 Å². The van der Waals surface area contributed by atoms with Crippen LogP contribution in [0.15, 0.2) is 0 Å². The Morgan fingerprint density at radius 1 is 1.29 bits per heavy atom. The Hall–Kier alpha value is -1.06. The van der Waals surface area contributed by atoms with Crippen molar-refractivity contribution in [3.8, 4) is 0 Å². The highest BCUT2D eigenvalue weighted by Crippen LogP contribution is 2.27. The fourth-order valence-electron chi connectivity index (χ4n) is 1.69. The van der Waals surface area contributed by atoms with Crippen molar-refractivity contribution in [2.24, 2.45) is 0 Å². The molecule has 1 saturated carbocycles. The predicted octanol–water partition coefficient (Wildman–Crippen LogP) is 1.55. The summed E-state index contributed by atoms with van der Waals surface area (Å²) in [4.78, 5) is 21.1. The van der Waals surface area contributed by atoms with E-state index >= 15 is 0 Å². The molecule has 82 valence electrons. The number of amides is 1. The van der Waals surface area contributed by atoms with Gasteiger partial charge >= 0.3 is 5.97 Å². The van der Waals surface area contributed by atoms with E-state index in [-0.39, 0.29) is 0 Å². The Balaban J connectivity index is 0.000000791. The second kappa shape index (κ2) is 6.40. The summed E-state index contributed by atoms with van der Waals surface area (Å²) in [5.41, 5.74) is -0.972. The van der Waals surface area contributed by atoms with Gasteiger partial charge in [0.25, 0.3) is 0 Å². The molecular weight excluding hydrogens is 182 g/mol. The first-order valence-electron chi connectivity index (χ1n) is 5.16.